The number of carboxylic acids is 1. The van der Waals surface area contributed by atoms with Gasteiger partial charge in [0, 0.05) is 0 Å². The van der Waals surface area contributed by atoms with E-state index in [9.17, 15) is 9.90 Å². The van der Waals surface area contributed by atoms with Crippen LogP contribution in [0.3, 0.4) is 0 Å². The molecule has 4 rings (SSSR count). The number of aromatic nitrogens is 2. The molecule has 3 atom stereocenters. The molecular formula is C15H12N2O2S2Se. The van der Waals surface area contributed by atoms with E-state index in [0.29, 0.717) is 6.42 Å². The predicted octanol–water partition coefficient (Wildman–Crippen LogP) is 2.83. The van der Waals surface area contributed by atoms with Gasteiger partial charge >= 0.3 is 142 Å². The molecule has 0 aliphatic heterocycles. The van der Waals surface area contributed by atoms with E-state index in [0.717, 1.165) is 19.9 Å². The zero-order valence-electron chi connectivity index (χ0n) is 11.4. The number of rotatable bonds is 3. The maximum absolute atomic E-state index is 12.1. The fraction of sp³-hybridized carbons (Fsp3) is 0.267. The van der Waals surface area contributed by atoms with Crippen LogP contribution in [0.4, 0.5) is 0 Å². The van der Waals surface area contributed by atoms with Crippen LogP contribution in [-0.2, 0) is 11.2 Å². The van der Waals surface area contributed by atoms with Crippen LogP contribution >= 0.6 is 22.7 Å². The third kappa shape index (κ3) is 2.29. The maximum atomic E-state index is 12.1. The third-order valence-corrected chi connectivity index (χ3v) is 7.86. The second-order valence-corrected chi connectivity index (χ2v) is 8.87. The van der Waals surface area contributed by atoms with Crippen molar-refractivity contribution in [1.82, 2.24) is 9.19 Å². The Morgan fingerprint density at radius 1 is 1.23 bits per heavy atom. The van der Waals surface area contributed by atoms with Crippen molar-refractivity contribution in [2.45, 2.75) is 18.3 Å². The summed E-state index contributed by atoms with van der Waals surface area (Å²) in [5.74, 6) is -1.24. The molecule has 0 bridgehead atoms. The number of nitrogens with zero attached hydrogens (tertiary/aromatic N) is 2. The van der Waals surface area contributed by atoms with Crippen molar-refractivity contribution in [3.8, 4) is 0 Å². The van der Waals surface area contributed by atoms with Gasteiger partial charge in [-0.3, -0.25) is 0 Å². The van der Waals surface area contributed by atoms with Gasteiger partial charge in [-0.15, -0.1) is 0 Å². The second kappa shape index (κ2) is 5.74. The monoisotopic (exact) mass is 396 g/mol. The molecule has 1 aliphatic carbocycles. The average Bonchev–Trinajstić information content (AvgIpc) is 3.25. The van der Waals surface area contributed by atoms with E-state index in [-0.39, 0.29) is 26.6 Å². The summed E-state index contributed by atoms with van der Waals surface area (Å²) in [6.07, 6.45) is 0.694. The first-order valence-corrected chi connectivity index (χ1v) is 10.2. The molecule has 3 heterocycles. The second-order valence-electron chi connectivity index (χ2n) is 5.27. The molecule has 0 aromatic carbocycles. The summed E-state index contributed by atoms with van der Waals surface area (Å²) in [7, 11) is 0. The Morgan fingerprint density at radius 3 is 2.59 bits per heavy atom. The van der Waals surface area contributed by atoms with Crippen molar-refractivity contribution < 1.29 is 9.90 Å². The van der Waals surface area contributed by atoms with Crippen LogP contribution in [0, 0.1) is 5.92 Å². The minimum atomic E-state index is -0.717. The summed E-state index contributed by atoms with van der Waals surface area (Å²) in [5, 5.41) is 18.3. The molecule has 0 fully saturated rings. The van der Waals surface area contributed by atoms with Crippen LogP contribution in [0.5, 0.6) is 0 Å². The summed E-state index contributed by atoms with van der Waals surface area (Å²) < 4.78 is 5.39. The van der Waals surface area contributed by atoms with Crippen LogP contribution in [0.25, 0.3) is 0 Å². The molecule has 4 nitrogen and oxygen atoms in total. The Hall–Kier alpha value is -1.27. The van der Waals surface area contributed by atoms with Gasteiger partial charge in [-0.2, -0.15) is 0 Å². The predicted molar refractivity (Wildman–Crippen MR) is 87.0 cm³/mol. The van der Waals surface area contributed by atoms with Gasteiger partial charge in [0.2, 0.25) is 0 Å². The van der Waals surface area contributed by atoms with Gasteiger partial charge in [-0.05, 0) is 0 Å². The number of aliphatic carboxylic acids is 1. The van der Waals surface area contributed by atoms with E-state index < -0.39 is 11.9 Å². The number of hydrogen-bond acceptors (Lipinski definition) is 5. The van der Waals surface area contributed by atoms with Crippen molar-refractivity contribution in [2.75, 3.05) is 0 Å². The van der Waals surface area contributed by atoms with E-state index in [4.69, 9.17) is 0 Å². The van der Waals surface area contributed by atoms with E-state index in [1.807, 2.05) is 35.0 Å². The Bertz CT molecular complexity index is 782. The first-order valence-electron chi connectivity index (χ1n) is 6.86. The minimum absolute atomic E-state index is 0.0174. The third-order valence-electron chi connectivity index (χ3n) is 4.12. The van der Waals surface area contributed by atoms with Crippen LogP contribution in [0.2, 0.25) is 0 Å². The van der Waals surface area contributed by atoms with Crippen molar-refractivity contribution in [2.24, 2.45) is 5.92 Å². The molecule has 3 unspecified atom stereocenters. The summed E-state index contributed by atoms with van der Waals surface area (Å²) >= 11 is 3.21. The normalized spacial score (nSPS) is 24.1. The molecule has 0 amide bonds. The molecule has 0 saturated carbocycles. The van der Waals surface area contributed by atoms with Crippen LogP contribution in [0.1, 0.15) is 31.7 Å². The summed E-state index contributed by atoms with van der Waals surface area (Å²) in [4.78, 5) is 14.3. The first-order chi connectivity index (χ1) is 10.8. The molecule has 0 radical (unpaired) electrons. The molecule has 112 valence electrons. The Balaban J connectivity index is 1.88. The van der Waals surface area contributed by atoms with Crippen LogP contribution < -0.4 is 0 Å². The van der Waals surface area contributed by atoms with Gasteiger partial charge in [-0.1, -0.05) is 0 Å². The quantitative estimate of drug-likeness (QED) is 0.693. The van der Waals surface area contributed by atoms with Crippen molar-refractivity contribution in [1.29, 1.82) is 0 Å². The SMILES string of the molecule is O=C(O)C1C(c2cccs2)Cc2nn[se]c2C1c1cccs1. The fourth-order valence-corrected chi connectivity index (χ4v) is 6.89. The number of carbonyl (C=O) groups is 1. The molecule has 0 spiro atoms. The Labute approximate surface area is 141 Å². The van der Waals surface area contributed by atoms with E-state index >= 15 is 0 Å². The molecule has 22 heavy (non-hydrogen) atoms. The van der Waals surface area contributed by atoms with Gasteiger partial charge in [0.1, 0.15) is 0 Å². The zero-order valence-corrected chi connectivity index (χ0v) is 14.7. The fourth-order valence-electron chi connectivity index (χ4n) is 3.19. The zero-order chi connectivity index (χ0) is 15.1. The Kier molecular flexibility index (Phi) is 3.74. The molecular weight excluding hydrogens is 383 g/mol. The number of carboxylic acid groups (broad SMARTS) is 1. The van der Waals surface area contributed by atoms with Crippen molar-refractivity contribution in [3.05, 3.63) is 54.9 Å². The number of fused-ring (bicyclic) bond motifs is 1. The van der Waals surface area contributed by atoms with Gasteiger partial charge in [-0.25, -0.2) is 0 Å². The number of hydrogen-bond donors (Lipinski definition) is 1. The molecule has 0 saturated heterocycles. The van der Waals surface area contributed by atoms with E-state index in [1.54, 1.807) is 22.7 Å². The van der Waals surface area contributed by atoms with Crippen LogP contribution in [-0.4, -0.2) is 35.0 Å². The number of thiophene rings is 2. The molecule has 7 heteroatoms. The summed E-state index contributed by atoms with van der Waals surface area (Å²) in [6.45, 7) is 0. The standard InChI is InChI=1S/C15H12N2O2S2Se/c18-15(19)12-8(10-3-1-5-20-10)7-9-14(22-17-16-9)13(12)11-4-2-6-21-11/h1-6,8,12-13H,7H2,(H,18,19). The average molecular weight is 395 g/mol. The van der Waals surface area contributed by atoms with Gasteiger partial charge < -0.3 is 0 Å². The van der Waals surface area contributed by atoms with E-state index in [1.165, 1.54) is 0 Å². The van der Waals surface area contributed by atoms with Crippen LogP contribution in [0.15, 0.2) is 35.0 Å². The van der Waals surface area contributed by atoms with Crippen molar-refractivity contribution in [3.63, 3.8) is 0 Å². The van der Waals surface area contributed by atoms with Gasteiger partial charge in [0.25, 0.3) is 0 Å². The first kappa shape index (κ1) is 14.3. The van der Waals surface area contributed by atoms with Gasteiger partial charge in [0.05, 0.1) is 0 Å². The molecule has 3 aromatic heterocycles. The summed E-state index contributed by atoms with van der Waals surface area (Å²) in [6, 6.07) is 8.06. The van der Waals surface area contributed by atoms with Gasteiger partial charge in [0.15, 0.2) is 0 Å². The summed E-state index contributed by atoms with van der Waals surface area (Å²) in [5.41, 5.74) is 1.02. The molecule has 1 N–H and O–H groups in total. The molecule has 1 aliphatic rings. The van der Waals surface area contributed by atoms with E-state index in [2.05, 4.69) is 9.19 Å². The van der Waals surface area contributed by atoms with Crippen molar-refractivity contribution >= 4 is 43.4 Å². The molecule has 3 aromatic rings. The topological polar surface area (TPSA) is 63.1 Å². The Morgan fingerprint density at radius 2 is 1.95 bits per heavy atom.